The predicted molar refractivity (Wildman–Crippen MR) is 323 cm³/mol. The Morgan fingerprint density at radius 3 is 1.54 bits per heavy atom. The Hall–Kier alpha value is -9.03. The number of nitrogens with zero attached hydrogens (tertiary/aromatic N) is 2. The molecule has 4 aromatic rings. The number of para-hydroxylation sites is 1. The number of hydrogen-bond acceptors (Lipinski definition) is 11. The third-order valence-electron chi connectivity index (χ3n) is 13.4. The van der Waals surface area contributed by atoms with Crippen LogP contribution in [0.15, 0.2) is 95.0 Å². The molecule has 84 heavy (non-hydrogen) atoms. The average molecular weight is 1160 g/mol. The van der Waals surface area contributed by atoms with Gasteiger partial charge in [0.1, 0.15) is 36.3 Å². The van der Waals surface area contributed by atoms with Gasteiger partial charge < -0.3 is 76.2 Å². The summed E-state index contributed by atoms with van der Waals surface area (Å²) >= 11 is 0. The van der Waals surface area contributed by atoms with Crippen LogP contribution in [0.1, 0.15) is 97.6 Å². The van der Waals surface area contributed by atoms with E-state index in [1.165, 1.54) is 0 Å². The molecule has 0 radical (unpaired) electrons. The molecule has 0 spiro atoms. The van der Waals surface area contributed by atoms with Gasteiger partial charge in [0.15, 0.2) is 11.9 Å². The van der Waals surface area contributed by atoms with Crippen LogP contribution in [0.25, 0.3) is 22.0 Å². The molecule has 6 atom stereocenters. The lowest BCUT2D eigenvalue weighted by Gasteiger charge is -2.28. The van der Waals surface area contributed by atoms with Crippen LogP contribution in [-0.4, -0.2) is 132 Å². The van der Waals surface area contributed by atoms with E-state index in [2.05, 4.69) is 57.5 Å². The highest BCUT2D eigenvalue weighted by Crippen LogP contribution is 2.21. The largest absolute Gasteiger partial charge is 0.370 e. The molecule has 0 saturated carbocycles. The van der Waals surface area contributed by atoms with Gasteiger partial charge in [0.05, 0.1) is 13.1 Å². The summed E-state index contributed by atoms with van der Waals surface area (Å²) in [5.74, 6) is -7.25. The number of aryl methyl sites for hydroxylation is 1. The molecule has 0 aliphatic rings. The molecule has 4 rings (SSSR count). The smallest absolute Gasteiger partial charge is 0.243 e. The number of aromatic nitrogens is 1. The number of carbonyl (C=O) groups is 9. The quantitative estimate of drug-likeness (QED) is 0.0170. The lowest BCUT2D eigenvalue weighted by Crippen LogP contribution is -2.59. The van der Waals surface area contributed by atoms with Gasteiger partial charge in [-0.2, -0.15) is 0 Å². The number of fused-ring (bicyclic) bond motifs is 1. The van der Waals surface area contributed by atoms with E-state index in [1.54, 1.807) is 13.8 Å². The molecule has 5 unspecified atom stereocenters. The van der Waals surface area contributed by atoms with Crippen LogP contribution in [0.2, 0.25) is 0 Å². The number of aromatic amines is 1. The zero-order valence-electron chi connectivity index (χ0n) is 48.9. The first-order valence-corrected chi connectivity index (χ1v) is 28.3. The first-order valence-electron chi connectivity index (χ1n) is 28.3. The number of aliphatic imine (C=N–C) groups is 2. The maximum absolute atomic E-state index is 14.4. The van der Waals surface area contributed by atoms with Crippen molar-refractivity contribution in [3.63, 3.8) is 0 Å². The molecule has 0 aliphatic heterocycles. The summed E-state index contributed by atoms with van der Waals surface area (Å²) in [7, 11) is 0. The van der Waals surface area contributed by atoms with Crippen molar-refractivity contribution >= 4 is 76.0 Å². The second-order valence-corrected chi connectivity index (χ2v) is 21.8. The van der Waals surface area contributed by atoms with Crippen molar-refractivity contribution in [2.75, 3.05) is 26.2 Å². The Bertz CT molecular complexity index is 2900. The standard InChI is InChI=1S/C59H86N16O9/c1-34(2)28-45(55(82)73-44(19-13-27-66-59(63)64)54(81)74-46(29-35(3)4)57(84)75-51(36(5)6)52(60)79)70-50(78)33-69-53(80)43(18-12-26-65-58(61)62)72-56(83)47(30-37-20-22-39(23-21-37)38-14-8-7-9-15-38)71-49(77)32-68-48(76)25-24-40-31-67-42-17-11-10-16-41(40)42/h7-11,14-17,20-23,31,34-36,43-47,51,67H,12-13,18-19,24-30,32-33H2,1-6H3,(H2,60,79)(H,68,76)(H,69,80)(H,70,78)(H,71,77)(H,72,83)(H,73,82)(H,74,81)(H,75,84)(H4,61,62,65)(H4,63,64,66)/t43?,44?,45-,46?,47?,51?/m1/s1. The summed E-state index contributed by atoms with van der Waals surface area (Å²) in [6.45, 7) is 9.80. The third-order valence-corrected chi connectivity index (χ3v) is 13.4. The van der Waals surface area contributed by atoms with Gasteiger partial charge in [-0.1, -0.05) is 114 Å². The van der Waals surface area contributed by atoms with Crippen molar-refractivity contribution in [2.45, 2.75) is 136 Å². The summed E-state index contributed by atoms with van der Waals surface area (Å²) in [4.78, 5) is 134. The second-order valence-electron chi connectivity index (χ2n) is 21.8. The zero-order valence-corrected chi connectivity index (χ0v) is 48.9. The van der Waals surface area contributed by atoms with E-state index in [-0.39, 0.29) is 100 Å². The van der Waals surface area contributed by atoms with Gasteiger partial charge in [-0.15, -0.1) is 0 Å². The second kappa shape index (κ2) is 34.4. The SMILES string of the molecule is CC(C)CC(NC(=O)C(CCCN=C(N)N)NC(=O)[C@@H](CC(C)C)NC(=O)CNC(=O)C(CCCN=C(N)N)NC(=O)C(Cc1ccc(-c2ccccc2)cc1)NC(=O)CNC(=O)CCc1c[nH]c2ccccc12)C(=O)NC(C(N)=O)C(C)C. The van der Waals surface area contributed by atoms with Gasteiger partial charge in [0, 0.05) is 43.0 Å². The lowest BCUT2D eigenvalue weighted by atomic mass is 9.99. The molecule has 25 nitrogen and oxygen atoms in total. The fourth-order valence-corrected chi connectivity index (χ4v) is 9.13. The number of rotatable bonds is 35. The Balaban J connectivity index is 1.50. The Labute approximate surface area is 490 Å². The molecule has 456 valence electrons. The third kappa shape index (κ3) is 23.8. The van der Waals surface area contributed by atoms with E-state index in [4.69, 9.17) is 28.7 Å². The molecule has 0 bridgehead atoms. The fraction of sp³-hybridized carbons (Fsp3) is 0.475. The van der Waals surface area contributed by atoms with Gasteiger partial charge in [0.2, 0.25) is 53.2 Å². The fourth-order valence-electron chi connectivity index (χ4n) is 9.13. The minimum absolute atomic E-state index is 0.00369. The Morgan fingerprint density at radius 2 is 0.976 bits per heavy atom. The number of amides is 9. The number of carbonyl (C=O) groups excluding carboxylic acids is 9. The van der Waals surface area contributed by atoms with Crippen molar-refractivity contribution < 1.29 is 43.2 Å². The van der Waals surface area contributed by atoms with Crippen molar-refractivity contribution in [2.24, 2.45) is 56.4 Å². The van der Waals surface area contributed by atoms with E-state index in [9.17, 15) is 43.2 Å². The van der Waals surface area contributed by atoms with E-state index in [0.29, 0.717) is 12.0 Å². The molecule has 0 saturated heterocycles. The number of hydrogen-bond donors (Lipinski definition) is 14. The molecule has 0 fully saturated rings. The van der Waals surface area contributed by atoms with Crippen LogP contribution < -0.4 is 71.2 Å². The molecule has 1 aromatic heterocycles. The highest BCUT2D eigenvalue weighted by molar-refractivity contribution is 5.97. The minimum Gasteiger partial charge on any atom is -0.370 e. The maximum atomic E-state index is 14.4. The molecular formula is C59H86N16O9. The molecule has 1 heterocycles. The highest BCUT2D eigenvalue weighted by Gasteiger charge is 2.33. The first kappa shape index (κ1) is 67.5. The van der Waals surface area contributed by atoms with Crippen LogP contribution in [-0.2, 0) is 56.0 Å². The molecule has 25 heteroatoms. The van der Waals surface area contributed by atoms with Crippen molar-refractivity contribution in [1.29, 1.82) is 0 Å². The van der Waals surface area contributed by atoms with E-state index in [1.807, 2.05) is 113 Å². The van der Waals surface area contributed by atoms with Crippen LogP contribution in [0.5, 0.6) is 0 Å². The topological polar surface area (TPSA) is 420 Å². The van der Waals surface area contributed by atoms with Crippen LogP contribution in [0, 0.1) is 17.8 Å². The van der Waals surface area contributed by atoms with E-state index >= 15 is 0 Å². The summed E-state index contributed by atoms with van der Waals surface area (Å²) in [6.07, 6.45) is 2.98. The van der Waals surface area contributed by atoms with Gasteiger partial charge in [-0.3, -0.25) is 53.1 Å². The normalized spacial score (nSPS) is 13.2. The summed E-state index contributed by atoms with van der Waals surface area (Å²) in [5.41, 5.74) is 32.1. The van der Waals surface area contributed by atoms with E-state index in [0.717, 1.165) is 27.6 Å². The number of nitrogens with two attached hydrogens (primary N) is 5. The predicted octanol–water partition coefficient (Wildman–Crippen LogP) is 0.492. The monoisotopic (exact) mass is 1160 g/mol. The van der Waals surface area contributed by atoms with Gasteiger partial charge in [-0.25, -0.2) is 0 Å². The van der Waals surface area contributed by atoms with Crippen LogP contribution in [0.3, 0.4) is 0 Å². The number of nitrogens with one attached hydrogen (secondary N) is 9. The minimum atomic E-state index is -1.30. The lowest BCUT2D eigenvalue weighted by molar-refractivity contribution is -0.135. The zero-order chi connectivity index (χ0) is 61.9. The van der Waals surface area contributed by atoms with Gasteiger partial charge >= 0.3 is 0 Å². The average Bonchev–Trinajstić information content (AvgIpc) is 4.00. The highest BCUT2D eigenvalue weighted by atomic mass is 16.2. The number of benzene rings is 3. The summed E-state index contributed by atoms with van der Waals surface area (Å²) in [5, 5.41) is 22.3. The summed E-state index contributed by atoms with van der Waals surface area (Å²) < 4.78 is 0. The van der Waals surface area contributed by atoms with Crippen LogP contribution >= 0.6 is 0 Å². The Morgan fingerprint density at radius 1 is 0.500 bits per heavy atom. The van der Waals surface area contributed by atoms with Crippen molar-refractivity contribution in [3.8, 4) is 11.1 Å². The number of primary amides is 1. The van der Waals surface area contributed by atoms with Crippen molar-refractivity contribution in [3.05, 3.63) is 96.2 Å². The molecular weight excluding hydrogens is 1080 g/mol. The van der Waals surface area contributed by atoms with E-state index < -0.39 is 96.6 Å². The molecule has 19 N–H and O–H groups in total. The summed E-state index contributed by atoms with van der Waals surface area (Å²) in [6, 6.07) is 17.5. The molecule has 3 aromatic carbocycles. The van der Waals surface area contributed by atoms with Crippen LogP contribution in [0.4, 0.5) is 0 Å². The first-order chi connectivity index (χ1) is 39.9. The number of guanidine groups is 2. The van der Waals surface area contributed by atoms with Gasteiger partial charge in [0.25, 0.3) is 0 Å². The Kier molecular flexibility index (Phi) is 27.6. The van der Waals surface area contributed by atoms with Crippen molar-refractivity contribution in [1.82, 2.24) is 47.5 Å². The molecule has 9 amide bonds. The van der Waals surface area contributed by atoms with Gasteiger partial charge in [-0.05, 0) is 91.0 Å². The molecule has 0 aliphatic carbocycles. The number of H-pyrrole nitrogens is 1. The maximum Gasteiger partial charge on any atom is 0.243 e.